The Kier molecular flexibility index (Phi) is 4.12. The highest BCUT2D eigenvalue weighted by Gasteiger charge is 2.39. The van der Waals surface area contributed by atoms with Crippen molar-refractivity contribution >= 4 is 0 Å². The van der Waals surface area contributed by atoms with E-state index in [-0.39, 0.29) is 0 Å². The maximum Gasteiger partial charge on any atom is 0.0712 e. The third kappa shape index (κ3) is 2.51. The van der Waals surface area contributed by atoms with Gasteiger partial charge in [0, 0.05) is 25.2 Å². The van der Waals surface area contributed by atoms with Crippen LogP contribution in [0.4, 0.5) is 0 Å². The number of hydrogen-bond acceptors (Lipinski definition) is 2. The predicted octanol–water partition coefficient (Wildman–Crippen LogP) is 2.20. The molecule has 96 valence electrons. The molecule has 2 fully saturated rings. The number of rotatable bonds is 3. The van der Waals surface area contributed by atoms with E-state index in [2.05, 4.69) is 36.5 Å². The van der Waals surface area contributed by atoms with Crippen molar-refractivity contribution in [2.45, 2.75) is 58.2 Å². The molecular formula is C15H26N2. The lowest BCUT2D eigenvalue weighted by atomic mass is 9.95. The number of fused-ring (bicyclic) bond motifs is 1. The van der Waals surface area contributed by atoms with E-state index < -0.39 is 0 Å². The zero-order valence-electron chi connectivity index (χ0n) is 11.5. The molecule has 0 saturated carbocycles. The topological polar surface area (TPSA) is 6.48 Å². The van der Waals surface area contributed by atoms with Crippen molar-refractivity contribution < 1.29 is 0 Å². The zero-order chi connectivity index (χ0) is 12.4. The van der Waals surface area contributed by atoms with Crippen LogP contribution in [0, 0.1) is 18.3 Å². The zero-order valence-corrected chi connectivity index (χ0v) is 11.5. The summed E-state index contributed by atoms with van der Waals surface area (Å²) in [6.45, 7) is 10.6. The van der Waals surface area contributed by atoms with Gasteiger partial charge in [0.05, 0.1) is 6.04 Å². The fourth-order valence-electron chi connectivity index (χ4n) is 3.47. The second kappa shape index (κ2) is 5.42. The SMILES string of the molecule is C#CC(CC)N1CC2CCCN2CC1C(C)C. The van der Waals surface area contributed by atoms with Gasteiger partial charge in [-0.15, -0.1) is 6.42 Å². The Morgan fingerprint density at radius 3 is 2.71 bits per heavy atom. The van der Waals surface area contributed by atoms with Crippen molar-refractivity contribution in [2.75, 3.05) is 19.6 Å². The Balaban J connectivity index is 2.13. The Morgan fingerprint density at radius 2 is 2.12 bits per heavy atom. The third-order valence-electron chi connectivity index (χ3n) is 4.52. The van der Waals surface area contributed by atoms with Gasteiger partial charge in [0.2, 0.25) is 0 Å². The summed E-state index contributed by atoms with van der Waals surface area (Å²) in [7, 11) is 0. The van der Waals surface area contributed by atoms with Crippen LogP contribution in [0.3, 0.4) is 0 Å². The van der Waals surface area contributed by atoms with E-state index in [0.29, 0.717) is 18.0 Å². The van der Waals surface area contributed by atoms with Crippen LogP contribution in [0.5, 0.6) is 0 Å². The third-order valence-corrected chi connectivity index (χ3v) is 4.52. The van der Waals surface area contributed by atoms with Crippen molar-refractivity contribution in [1.82, 2.24) is 9.80 Å². The van der Waals surface area contributed by atoms with E-state index >= 15 is 0 Å². The second-order valence-corrected chi connectivity index (χ2v) is 5.89. The Labute approximate surface area is 106 Å². The summed E-state index contributed by atoms with van der Waals surface area (Å²) in [4.78, 5) is 5.29. The minimum Gasteiger partial charge on any atom is -0.298 e. The van der Waals surface area contributed by atoms with Crippen LogP contribution >= 0.6 is 0 Å². The lowest BCUT2D eigenvalue weighted by Crippen LogP contribution is -2.60. The molecule has 0 N–H and O–H groups in total. The first-order valence-electron chi connectivity index (χ1n) is 7.13. The average Bonchev–Trinajstić information content (AvgIpc) is 2.76. The highest BCUT2D eigenvalue weighted by Crippen LogP contribution is 2.29. The normalized spacial score (nSPS) is 32.4. The average molecular weight is 234 g/mol. The number of nitrogens with zero attached hydrogens (tertiary/aromatic N) is 2. The Hall–Kier alpha value is -0.520. The molecule has 3 atom stereocenters. The molecule has 2 heteroatoms. The molecule has 2 saturated heterocycles. The molecular weight excluding hydrogens is 208 g/mol. The van der Waals surface area contributed by atoms with Crippen LogP contribution in [-0.4, -0.2) is 47.6 Å². The van der Waals surface area contributed by atoms with Crippen LogP contribution in [0.1, 0.15) is 40.0 Å². The van der Waals surface area contributed by atoms with Crippen LogP contribution in [0.25, 0.3) is 0 Å². The van der Waals surface area contributed by atoms with E-state index in [9.17, 15) is 0 Å². The smallest absolute Gasteiger partial charge is 0.0712 e. The van der Waals surface area contributed by atoms with Crippen LogP contribution < -0.4 is 0 Å². The van der Waals surface area contributed by atoms with Crippen molar-refractivity contribution in [1.29, 1.82) is 0 Å². The molecule has 0 amide bonds. The summed E-state index contributed by atoms with van der Waals surface area (Å²) < 4.78 is 0. The highest BCUT2D eigenvalue weighted by molar-refractivity contribution is 5.05. The molecule has 0 radical (unpaired) electrons. The maximum absolute atomic E-state index is 5.71. The minimum absolute atomic E-state index is 0.338. The van der Waals surface area contributed by atoms with Gasteiger partial charge in [0.25, 0.3) is 0 Å². The first kappa shape index (κ1) is 12.9. The largest absolute Gasteiger partial charge is 0.298 e. The van der Waals surface area contributed by atoms with Crippen molar-refractivity contribution in [3.05, 3.63) is 0 Å². The monoisotopic (exact) mass is 234 g/mol. The standard InChI is InChI=1S/C15H26N2/c1-5-13(6-2)17-10-14-8-7-9-16(14)11-15(17)12(3)4/h1,12-15H,6-11H2,2-4H3. The first-order chi connectivity index (χ1) is 8.17. The second-order valence-electron chi connectivity index (χ2n) is 5.89. The van der Waals surface area contributed by atoms with E-state index in [1.807, 2.05) is 0 Å². The molecule has 2 rings (SSSR count). The molecule has 17 heavy (non-hydrogen) atoms. The van der Waals surface area contributed by atoms with E-state index in [0.717, 1.165) is 12.5 Å². The van der Waals surface area contributed by atoms with Gasteiger partial charge in [-0.05, 0) is 31.7 Å². The fraction of sp³-hybridized carbons (Fsp3) is 0.867. The van der Waals surface area contributed by atoms with E-state index in [4.69, 9.17) is 6.42 Å². The fourth-order valence-corrected chi connectivity index (χ4v) is 3.47. The lowest BCUT2D eigenvalue weighted by Gasteiger charge is -2.47. The summed E-state index contributed by atoms with van der Waals surface area (Å²) in [5.74, 6) is 3.69. The quantitative estimate of drug-likeness (QED) is 0.691. The van der Waals surface area contributed by atoms with Crippen LogP contribution in [0.15, 0.2) is 0 Å². The van der Waals surface area contributed by atoms with Crippen LogP contribution in [0.2, 0.25) is 0 Å². The molecule has 2 heterocycles. The number of hydrogen-bond donors (Lipinski definition) is 0. The molecule has 0 aromatic carbocycles. The van der Waals surface area contributed by atoms with Crippen molar-refractivity contribution in [3.63, 3.8) is 0 Å². The number of piperazine rings is 1. The lowest BCUT2D eigenvalue weighted by molar-refractivity contribution is 0.0135. The Morgan fingerprint density at radius 1 is 1.35 bits per heavy atom. The first-order valence-corrected chi connectivity index (χ1v) is 7.13. The molecule has 0 bridgehead atoms. The summed E-state index contributed by atoms with van der Waals surface area (Å²) in [6, 6.07) is 1.75. The highest BCUT2D eigenvalue weighted by atomic mass is 15.3. The van der Waals surface area contributed by atoms with Gasteiger partial charge in [0.1, 0.15) is 0 Å². The van der Waals surface area contributed by atoms with Gasteiger partial charge < -0.3 is 0 Å². The van der Waals surface area contributed by atoms with E-state index in [1.165, 1.54) is 32.5 Å². The predicted molar refractivity (Wildman–Crippen MR) is 72.8 cm³/mol. The molecule has 2 nitrogen and oxygen atoms in total. The molecule has 2 aliphatic heterocycles. The maximum atomic E-state index is 5.71. The number of terminal acetylenes is 1. The van der Waals surface area contributed by atoms with Gasteiger partial charge in [-0.3, -0.25) is 9.80 Å². The molecule has 0 aromatic heterocycles. The van der Waals surface area contributed by atoms with E-state index in [1.54, 1.807) is 0 Å². The Bertz CT molecular complexity index is 292. The van der Waals surface area contributed by atoms with Gasteiger partial charge in [-0.1, -0.05) is 26.7 Å². The molecule has 0 aromatic rings. The van der Waals surface area contributed by atoms with Gasteiger partial charge in [0.15, 0.2) is 0 Å². The molecule has 3 unspecified atom stereocenters. The summed E-state index contributed by atoms with van der Waals surface area (Å²) >= 11 is 0. The molecule has 0 spiro atoms. The van der Waals surface area contributed by atoms with Crippen LogP contribution in [-0.2, 0) is 0 Å². The van der Waals surface area contributed by atoms with Crippen molar-refractivity contribution in [3.8, 4) is 12.3 Å². The summed E-state index contributed by atoms with van der Waals surface area (Å²) in [5, 5.41) is 0. The van der Waals surface area contributed by atoms with Gasteiger partial charge >= 0.3 is 0 Å². The summed E-state index contributed by atoms with van der Waals surface area (Å²) in [5.41, 5.74) is 0. The molecule has 2 aliphatic rings. The molecule has 0 aliphatic carbocycles. The van der Waals surface area contributed by atoms with Gasteiger partial charge in [-0.2, -0.15) is 0 Å². The minimum atomic E-state index is 0.338. The van der Waals surface area contributed by atoms with Gasteiger partial charge in [-0.25, -0.2) is 0 Å². The summed E-state index contributed by atoms with van der Waals surface area (Å²) in [6.07, 6.45) is 9.52. The van der Waals surface area contributed by atoms with Crippen molar-refractivity contribution in [2.24, 2.45) is 5.92 Å².